The molecule has 0 saturated heterocycles. The lowest BCUT2D eigenvalue weighted by atomic mass is 10.1. The second kappa shape index (κ2) is 12.7. The van der Waals surface area contributed by atoms with Crippen molar-refractivity contribution in [2.24, 2.45) is 7.05 Å². The van der Waals surface area contributed by atoms with Crippen LogP contribution in [0.1, 0.15) is 21.5 Å². The van der Waals surface area contributed by atoms with E-state index in [9.17, 15) is 13.2 Å². The first-order valence-electron chi connectivity index (χ1n) is 14.7. The van der Waals surface area contributed by atoms with Gasteiger partial charge in [-0.1, -0.05) is 0 Å². The van der Waals surface area contributed by atoms with Gasteiger partial charge in [0.2, 0.25) is 0 Å². The van der Waals surface area contributed by atoms with Gasteiger partial charge < -0.3 is 33.8 Å². The summed E-state index contributed by atoms with van der Waals surface area (Å²) in [6.45, 7) is 0.225. The number of sulfone groups is 1. The Morgan fingerprint density at radius 2 is 1.55 bits per heavy atom. The zero-order valence-electron chi connectivity index (χ0n) is 26.6. The number of methoxy groups -OCH3 is 4. The van der Waals surface area contributed by atoms with E-state index in [0.717, 1.165) is 27.7 Å². The first-order valence-corrected chi connectivity index (χ1v) is 16.3. The van der Waals surface area contributed by atoms with Gasteiger partial charge >= 0.3 is 0 Å². The highest BCUT2D eigenvalue weighted by Gasteiger charge is 2.21. The smallest absolute Gasteiger partial charge is 0.251 e. The molecule has 47 heavy (non-hydrogen) atoms. The average molecular weight is 655 g/mol. The van der Waals surface area contributed by atoms with Gasteiger partial charge in [-0.25, -0.2) is 13.4 Å². The predicted molar refractivity (Wildman–Crippen MR) is 179 cm³/mol. The molecule has 0 radical (unpaired) electrons. The molecule has 0 atom stereocenters. The SMILES string of the molecule is COc1ccc(CNC(=O)c2ccc(S(=O)(=O)Cc3ccnc4[nH]c(-c5cn(C)c6cc(OC)c(OC)cc56)cc34)cc2)c(OC)c1. The predicted octanol–water partition coefficient (Wildman–Crippen LogP) is 5.66. The number of hydrogen-bond acceptors (Lipinski definition) is 8. The zero-order valence-corrected chi connectivity index (χ0v) is 27.4. The van der Waals surface area contributed by atoms with Crippen molar-refractivity contribution in [3.05, 3.63) is 95.8 Å². The molecule has 6 rings (SSSR count). The molecule has 2 N–H and O–H groups in total. The fourth-order valence-corrected chi connectivity index (χ4v) is 7.03. The second-order valence-corrected chi connectivity index (χ2v) is 12.9. The number of ether oxygens (including phenoxy) is 4. The summed E-state index contributed by atoms with van der Waals surface area (Å²) >= 11 is 0. The largest absolute Gasteiger partial charge is 0.497 e. The maximum Gasteiger partial charge on any atom is 0.251 e. The lowest BCUT2D eigenvalue weighted by Gasteiger charge is -2.12. The average Bonchev–Trinajstić information content (AvgIpc) is 3.67. The number of carbonyl (C=O) groups is 1. The van der Waals surface area contributed by atoms with E-state index in [1.54, 1.807) is 52.8 Å². The van der Waals surface area contributed by atoms with E-state index in [-0.39, 0.29) is 23.1 Å². The molecule has 3 aromatic carbocycles. The molecular weight excluding hydrogens is 620 g/mol. The zero-order chi connectivity index (χ0) is 33.3. The Hall–Kier alpha value is -5.49. The Bertz CT molecular complexity index is 2220. The first-order chi connectivity index (χ1) is 22.6. The third-order valence-electron chi connectivity index (χ3n) is 8.16. The fourth-order valence-electron chi connectivity index (χ4n) is 5.65. The number of amides is 1. The minimum Gasteiger partial charge on any atom is -0.497 e. The number of aromatic nitrogens is 3. The number of hydrogen-bond donors (Lipinski definition) is 2. The van der Waals surface area contributed by atoms with Crippen LogP contribution in [0.25, 0.3) is 33.2 Å². The van der Waals surface area contributed by atoms with E-state index in [1.807, 2.05) is 42.1 Å². The number of aromatic amines is 1. The van der Waals surface area contributed by atoms with Crippen LogP contribution in [0.4, 0.5) is 0 Å². The van der Waals surface area contributed by atoms with E-state index < -0.39 is 9.84 Å². The topological polar surface area (TPSA) is 134 Å². The molecule has 3 aromatic heterocycles. The third-order valence-corrected chi connectivity index (χ3v) is 9.84. The number of H-pyrrole nitrogens is 1. The highest BCUT2D eigenvalue weighted by atomic mass is 32.2. The van der Waals surface area contributed by atoms with Gasteiger partial charge in [-0.05, 0) is 60.2 Å². The van der Waals surface area contributed by atoms with Gasteiger partial charge in [0.1, 0.15) is 17.1 Å². The molecule has 6 aromatic rings. The molecule has 0 fully saturated rings. The molecular formula is C35H34N4O7S. The van der Waals surface area contributed by atoms with E-state index in [4.69, 9.17) is 18.9 Å². The maximum absolute atomic E-state index is 13.6. The number of nitrogens with zero attached hydrogens (tertiary/aromatic N) is 2. The van der Waals surface area contributed by atoms with Crippen LogP contribution in [-0.2, 0) is 29.2 Å². The van der Waals surface area contributed by atoms with Crippen LogP contribution < -0.4 is 24.3 Å². The lowest BCUT2D eigenvalue weighted by molar-refractivity contribution is 0.0950. The van der Waals surface area contributed by atoms with Gasteiger partial charge in [-0.15, -0.1) is 0 Å². The van der Waals surface area contributed by atoms with Crippen LogP contribution in [-0.4, -0.2) is 57.3 Å². The van der Waals surface area contributed by atoms with Crippen LogP contribution in [0.2, 0.25) is 0 Å². The normalized spacial score (nSPS) is 11.5. The monoisotopic (exact) mass is 654 g/mol. The molecule has 0 saturated carbocycles. The van der Waals surface area contributed by atoms with Crippen LogP contribution in [0.5, 0.6) is 23.0 Å². The highest BCUT2D eigenvalue weighted by molar-refractivity contribution is 7.90. The van der Waals surface area contributed by atoms with E-state index in [1.165, 1.54) is 24.3 Å². The first kappa shape index (κ1) is 31.5. The summed E-state index contributed by atoms with van der Waals surface area (Å²) in [5.74, 6) is 1.88. The molecule has 242 valence electrons. The van der Waals surface area contributed by atoms with Crippen LogP contribution >= 0.6 is 0 Å². The number of nitrogens with one attached hydrogen (secondary N) is 2. The van der Waals surface area contributed by atoms with Crippen molar-refractivity contribution in [1.82, 2.24) is 19.9 Å². The Morgan fingerprint density at radius 1 is 0.830 bits per heavy atom. The van der Waals surface area contributed by atoms with Gasteiger partial charge in [0.05, 0.1) is 44.6 Å². The minimum atomic E-state index is -3.76. The van der Waals surface area contributed by atoms with Gasteiger partial charge in [-0.2, -0.15) is 0 Å². The molecule has 0 spiro atoms. The number of benzene rings is 3. The van der Waals surface area contributed by atoms with Crippen molar-refractivity contribution < 1.29 is 32.2 Å². The van der Waals surface area contributed by atoms with Gasteiger partial charge in [0.25, 0.3) is 5.91 Å². The summed E-state index contributed by atoms with van der Waals surface area (Å²) in [6, 6.07) is 18.7. The Labute approximate surface area is 272 Å². The minimum absolute atomic E-state index is 0.113. The summed E-state index contributed by atoms with van der Waals surface area (Å²) in [6.07, 6.45) is 3.59. The van der Waals surface area contributed by atoms with Crippen molar-refractivity contribution >= 4 is 37.7 Å². The van der Waals surface area contributed by atoms with E-state index in [2.05, 4.69) is 15.3 Å². The van der Waals surface area contributed by atoms with Gasteiger partial charge in [0, 0.05) is 71.3 Å². The molecule has 12 heteroatoms. The van der Waals surface area contributed by atoms with Crippen molar-refractivity contribution in [1.29, 1.82) is 0 Å². The van der Waals surface area contributed by atoms with Crippen molar-refractivity contribution in [2.75, 3.05) is 28.4 Å². The number of fused-ring (bicyclic) bond motifs is 2. The summed E-state index contributed by atoms with van der Waals surface area (Å²) < 4.78 is 50.8. The van der Waals surface area contributed by atoms with Crippen molar-refractivity contribution in [2.45, 2.75) is 17.2 Å². The summed E-state index contributed by atoms with van der Waals surface area (Å²) in [4.78, 5) is 20.8. The molecule has 1 amide bonds. The van der Waals surface area contributed by atoms with Crippen LogP contribution in [0.15, 0.2) is 84.0 Å². The molecule has 11 nitrogen and oxygen atoms in total. The summed E-state index contributed by atoms with van der Waals surface area (Å²) in [5.41, 5.74) is 4.94. The number of pyridine rings is 1. The van der Waals surface area contributed by atoms with E-state index in [0.29, 0.717) is 45.2 Å². The van der Waals surface area contributed by atoms with Crippen LogP contribution in [0.3, 0.4) is 0 Å². The van der Waals surface area contributed by atoms with E-state index >= 15 is 0 Å². The highest BCUT2D eigenvalue weighted by Crippen LogP contribution is 2.39. The summed E-state index contributed by atoms with van der Waals surface area (Å²) in [7, 11) is 4.50. The van der Waals surface area contributed by atoms with Crippen LogP contribution in [0, 0.1) is 0 Å². The van der Waals surface area contributed by atoms with Crippen molar-refractivity contribution in [3.8, 4) is 34.3 Å². The molecule has 0 bridgehead atoms. The lowest BCUT2D eigenvalue weighted by Crippen LogP contribution is -2.23. The Morgan fingerprint density at radius 3 is 2.26 bits per heavy atom. The van der Waals surface area contributed by atoms with Crippen molar-refractivity contribution in [3.63, 3.8) is 0 Å². The number of rotatable bonds is 11. The maximum atomic E-state index is 13.6. The number of carbonyl (C=O) groups excluding carboxylic acids is 1. The van der Waals surface area contributed by atoms with Gasteiger partial charge in [0.15, 0.2) is 21.3 Å². The third kappa shape index (κ3) is 6.07. The molecule has 0 unspecified atom stereocenters. The number of aryl methyl sites for hydroxylation is 1. The Balaban J connectivity index is 1.22. The standard InChI is InChI=1S/C35H34N4O7S/c1-39-19-28(27-16-32(45-4)33(46-5)17-30(27)39)29-15-26-23(12-13-36-34(26)38-29)20-47(41,42)25-10-7-21(8-11-25)35(40)37-18-22-6-9-24(43-2)14-31(22)44-3/h6-17,19H,18,20H2,1-5H3,(H,36,38)(H,37,40). The fraction of sp³-hybridized carbons (Fsp3) is 0.200. The van der Waals surface area contributed by atoms with Gasteiger partial charge in [-0.3, -0.25) is 4.79 Å². The quantitative estimate of drug-likeness (QED) is 0.183. The summed E-state index contributed by atoms with van der Waals surface area (Å²) in [5, 5.41) is 4.50. The molecule has 0 aliphatic rings. The molecule has 0 aliphatic carbocycles. The molecule has 0 aliphatic heterocycles. The second-order valence-electron chi connectivity index (χ2n) is 10.9. The molecule has 3 heterocycles. The Kier molecular flexibility index (Phi) is 8.52.